The van der Waals surface area contributed by atoms with Gasteiger partial charge < -0.3 is 19.7 Å². The first-order chi connectivity index (χ1) is 19.1. The van der Waals surface area contributed by atoms with Gasteiger partial charge in [0.15, 0.2) is 11.5 Å². The number of fused-ring (bicyclic) bond motifs is 1. The van der Waals surface area contributed by atoms with Crippen LogP contribution in [0.5, 0.6) is 11.5 Å². The van der Waals surface area contributed by atoms with Gasteiger partial charge in [-0.05, 0) is 35.4 Å². The van der Waals surface area contributed by atoms with E-state index in [1.807, 2.05) is 36.4 Å². The number of hydrogen-bond acceptors (Lipinski definition) is 7. The van der Waals surface area contributed by atoms with Gasteiger partial charge in [-0.15, -0.1) is 0 Å². The first-order valence-electron chi connectivity index (χ1n) is 12.7. The highest BCUT2D eigenvalue weighted by Crippen LogP contribution is 2.34. The summed E-state index contributed by atoms with van der Waals surface area (Å²) in [5.74, 6) is -0.249. The summed E-state index contributed by atoms with van der Waals surface area (Å²) in [4.78, 5) is 42.0. The van der Waals surface area contributed by atoms with Crippen LogP contribution in [0.3, 0.4) is 0 Å². The van der Waals surface area contributed by atoms with Crippen molar-refractivity contribution in [2.24, 2.45) is 0 Å². The maximum atomic E-state index is 13.5. The van der Waals surface area contributed by atoms with Crippen molar-refractivity contribution in [3.8, 4) is 11.5 Å². The number of ether oxygens (including phenoxy) is 2. The van der Waals surface area contributed by atoms with Crippen LogP contribution in [-0.2, 0) is 25.2 Å². The molecule has 0 spiro atoms. The Morgan fingerprint density at radius 2 is 1.60 bits per heavy atom. The van der Waals surface area contributed by atoms with E-state index >= 15 is 0 Å². The molecule has 0 saturated carbocycles. The maximum Gasteiger partial charge on any atom is 0.325 e. The monoisotopic (exact) mass is 566 g/mol. The summed E-state index contributed by atoms with van der Waals surface area (Å²) in [6, 6.07) is 16.8. The number of carbonyl (C=O) groups is 3. The third-order valence-corrected chi connectivity index (χ3v) is 9.38. The highest BCUT2D eigenvalue weighted by molar-refractivity contribution is 7.89. The molecule has 2 fully saturated rings. The lowest BCUT2D eigenvalue weighted by Gasteiger charge is -2.34. The van der Waals surface area contributed by atoms with Crippen molar-refractivity contribution in [3.05, 3.63) is 66.2 Å². The Labute approximate surface area is 232 Å². The number of sulfonamides is 1. The number of carbonyl (C=O) groups excluding carboxylic acids is 3. The standard InChI is InChI=1S/C28H30N4O7S/c1-28(22-10-6-8-19-7-4-5-9-21(19)22)26(34)32(27(35)29-28)18-25(33)30-13-15-31(16-14-30)40(36,37)20-11-12-23(38-2)24(17-20)39-3/h4-12,17H,13-16,18H2,1-3H3,(H,29,35). The van der Waals surface area contributed by atoms with Gasteiger partial charge in [-0.2, -0.15) is 4.31 Å². The van der Waals surface area contributed by atoms with Crippen LogP contribution >= 0.6 is 0 Å². The molecular weight excluding hydrogens is 536 g/mol. The average molecular weight is 567 g/mol. The number of amides is 4. The summed E-state index contributed by atoms with van der Waals surface area (Å²) in [6.45, 7) is 1.57. The molecule has 2 saturated heterocycles. The Kier molecular flexibility index (Phi) is 7.15. The van der Waals surface area contributed by atoms with E-state index in [1.165, 1.54) is 41.6 Å². The van der Waals surface area contributed by atoms with Gasteiger partial charge in [0.2, 0.25) is 15.9 Å². The minimum absolute atomic E-state index is 0.0528. The number of benzene rings is 3. The van der Waals surface area contributed by atoms with Crippen molar-refractivity contribution in [3.63, 3.8) is 0 Å². The smallest absolute Gasteiger partial charge is 0.325 e. The summed E-state index contributed by atoms with van der Waals surface area (Å²) >= 11 is 0. The molecule has 5 rings (SSSR count). The number of piperazine rings is 1. The fourth-order valence-electron chi connectivity index (χ4n) is 5.22. The van der Waals surface area contributed by atoms with E-state index in [-0.39, 0.29) is 31.1 Å². The number of nitrogens with zero attached hydrogens (tertiary/aromatic N) is 3. The van der Waals surface area contributed by atoms with E-state index in [0.29, 0.717) is 17.1 Å². The van der Waals surface area contributed by atoms with Gasteiger partial charge in [0.25, 0.3) is 5.91 Å². The van der Waals surface area contributed by atoms with Gasteiger partial charge in [0, 0.05) is 32.2 Å². The number of hydrogen-bond donors (Lipinski definition) is 1. The third-order valence-electron chi connectivity index (χ3n) is 7.48. The van der Waals surface area contributed by atoms with Crippen LogP contribution in [0.4, 0.5) is 4.79 Å². The molecule has 2 aliphatic heterocycles. The van der Waals surface area contributed by atoms with Gasteiger partial charge in [-0.1, -0.05) is 42.5 Å². The zero-order valence-corrected chi connectivity index (χ0v) is 23.2. The minimum Gasteiger partial charge on any atom is -0.493 e. The lowest BCUT2D eigenvalue weighted by Crippen LogP contribution is -2.53. The molecule has 1 N–H and O–H groups in total. The number of rotatable bonds is 7. The van der Waals surface area contributed by atoms with E-state index in [1.54, 1.807) is 13.0 Å². The fourth-order valence-corrected chi connectivity index (χ4v) is 6.66. The minimum atomic E-state index is -3.84. The van der Waals surface area contributed by atoms with E-state index in [9.17, 15) is 22.8 Å². The normalized spacial score (nSPS) is 20.1. The lowest BCUT2D eigenvalue weighted by atomic mass is 9.88. The second-order valence-electron chi connectivity index (χ2n) is 9.77. The molecule has 12 heteroatoms. The van der Waals surface area contributed by atoms with Crippen molar-refractivity contribution in [1.29, 1.82) is 0 Å². The van der Waals surface area contributed by atoms with Crippen LogP contribution in [0, 0.1) is 0 Å². The molecule has 0 aliphatic carbocycles. The van der Waals surface area contributed by atoms with E-state index in [2.05, 4.69) is 5.32 Å². The van der Waals surface area contributed by atoms with Crippen molar-refractivity contribution in [2.75, 3.05) is 46.9 Å². The maximum absolute atomic E-state index is 13.5. The fraction of sp³-hybridized carbons (Fsp3) is 0.321. The zero-order chi connectivity index (χ0) is 28.7. The van der Waals surface area contributed by atoms with E-state index in [4.69, 9.17) is 9.47 Å². The second kappa shape index (κ2) is 10.4. The summed E-state index contributed by atoms with van der Waals surface area (Å²) in [5.41, 5.74) is -0.683. The summed E-state index contributed by atoms with van der Waals surface area (Å²) in [6.07, 6.45) is 0. The van der Waals surface area contributed by atoms with Crippen LogP contribution in [0.1, 0.15) is 12.5 Å². The van der Waals surface area contributed by atoms with Crippen LogP contribution < -0.4 is 14.8 Å². The van der Waals surface area contributed by atoms with Gasteiger partial charge >= 0.3 is 6.03 Å². The van der Waals surface area contributed by atoms with Crippen LogP contribution in [-0.4, -0.2) is 87.3 Å². The van der Waals surface area contributed by atoms with Crippen molar-refractivity contribution in [1.82, 2.24) is 19.4 Å². The van der Waals surface area contributed by atoms with Crippen molar-refractivity contribution in [2.45, 2.75) is 17.4 Å². The number of methoxy groups -OCH3 is 2. The first-order valence-corrected chi connectivity index (χ1v) is 14.2. The molecular formula is C28H30N4O7S. The molecule has 0 radical (unpaired) electrons. The number of nitrogens with one attached hydrogen (secondary N) is 1. The molecule has 3 aromatic carbocycles. The predicted molar refractivity (Wildman–Crippen MR) is 146 cm³/mol. The molecule has 1 atom stereocenters. The summed E-state index contributed by atoms with van der Waals surface area (Å²) < 4.78 is 38.1. The lowest BCUT2D eigenvalue weighted by molar-refractivity contribution is -0.139. The van der Waals surface area contributed by atoms with Gasteiger partial charge in [-0.25, -0.2) is 13.2 Å². The Balaban J connectivity index is 1.26. The SMILES string of the molecule is COc1ccc(S(=O)(=O)N2CCN(C(=O)CN3C(=O)NC(C)(c4cccc5ccccc45)C3=O)CC2)cc1OC. The Morgan fingerprint density at radius 3 is 2.30 bits per heavy atom. The molecule has 2 heterocycles. The summed E-state index contributed by atoms with van der Waals surface area (Å²) in [5, 5.41) is 4.53. The molecule has 0 bridgehead atoms. The summed E-state index contributed by atoms with van der Waals surface area (Å²) in [7, 11) is -0.952. The van der Waals surface area contributed by atoms with Crippen LogP contribution in [0.15, 0.2) is 65.6 Å². The predicted octanol–water partition coefficient (Wildman–Crippen LogP) is 2.16. The highest BCUT2D eigenvalue weighted by Gasteiger charge is 2.50. The number of imide groups is 1. The number of urea groups is 1. The van der Waals surface area contributed by atoms with Gasteiger partial charge in [0.1, 0.15) is 12.1 Å². The van der Waals surface area contributed by atoms with Gasteiger partial charge in [-0.3, -0.25) is 14.5 Å². The van der Waals surface area contributed by atoms with Crippen molar-refractivity contribution >= 4 is 38.6 Å². The Morgan fingerprint density at radius 1 is 0.925 bits per heavy atom. The quantitative estimate of drug-likeness (QED) is 0.435. The van der Waals surface area contributed by atoms with Gasteiger partial charge in [0.05, 0.1) is 19.1 Å². The van der Waals surface area contributed by atoms with E-state index in [0.717, 1.165) is 15.7 Å². The Hall–Kier alpha value is -4.16. The molecule has 40 heavy (non-hydrogen) atoms. The highest BCUT2D eigenvalue weighted by atomic mass is 32.2. The van der Waals surface area contributed by atoms with E-state index < -0.39 is 40.0 Å². The first kappa shape index (κ1) is 27.4. The van der Waals surface area contributed by atoms with Crippen molar-refractivity contribution < 1.29 is 32.3 Å². The molecule has 210 valence electrons. The average Bonchev–Trinajstić information content (AvgIpc) is 3.19. The molecule has 11 nitrogen and oxygen atoms in total. The molecule has 3 aromatic rings. The third kappa shape index (κ3) is 4.62. The zero-order valence-electron chi connectivity index (χ0n) is 22.4. The van der Waals surface area contributed by atoms with Crippen LogP contribution in [0.2, 0.25) is 0 Å². The molecule has 1 unspecified atom stereocenters. The Bertz CT molecular complexity index is 1600. The second-order valence-corrected chi connectivity index (χ2v) is 11.7. The molecule has 4 amide bonds. The topological polar surface area (TPSA) is 126 Å². The molecule has 0 aromatic heterocycles. The largest absolute Gasteiger partial charge is 0.493 e. The molecule has 2 aliphatic rings. The van der Waals surface area contributed by atoms with Crippen LogP contribution in [0.25, 0.3) is 10.8 Å².